The maximum absolute atomic E-state index is 11.2. The lowest BCUT2D eigenvalue weighted by Gasteiger charge is -2.22. The lowest BCUT2D eigenvalue weighted by Crippen LogP contribution is -2.45. The van der Waals surface area contributed by atoms with Crippen LogP contribution >= 0.6 is 0 Å². The first-order chi connectivity index (χ1) is 6.78. The highest BCUT2D eigenvalue weighted by molar-refractivity contribution is 5.80. The fraction of sp³-hybridized carbons (Fsp3) is 0.778. The summed E-state index contributed by atoms with van der Waals surface area (Å²) in [5.41, 5.74) is -1.45. The van der Waals surface area contributed by atoms with Crippen LogP contribution in [0.4, 0.5) is 0 Å². The van der Waals surface area contributed by atoms with Crippen molar-refractivity contribution in [2.24, 2.45) is 0 Å². The Morgan fingerprint density at radius 1 is 1.53 bits per heavy atom. The van der Waals surface area contributed by atoms with Gasteiger partial charge >= 0.3 is 5.97 Å². The number of methoxy groups -OCH3 is 1. The fourth-order valence-electron chi connectivity index (χ4n) is 0.917. The first-order valence-electron chi connectivity index (χ1n) is 4.53. The summed E-state index contributed by atoms with van der Waals surface area (Å²) in [6.45, 7) is 2.78. The van der Waals surface area contributed by atoms with Gasteiger partial charge in [0.25, 0.3) is 0 Å². The Kier molecular flexibility index (Phi) is 5.24. The van der Waals surface area contributed by atoms with Crippen molar-refractivity contribution >= 4 is 11.9 Å². The van der Waals surface area contributed by atoms with Crippen LogP contribution in [0, 0.1) is 0 Å². The summed E-state index contributed by atoms with van der Waals surface area (Å²) in [7, 11) is 1.39. The Morgan fingerprint density at radius 2 is 2.07 bits per heavy atom. The second-order valence-electron chi connectivity index (χ2n) is 3.66. The molecule has 0 aromatic carbocycles. The van der Waals surface area contributed by atoms with Crippen LogP contribution in [-0.4, -0.2) is 47.4 Å². The van der Waals surface area contributed by atoms with Gasteiger partial charge in [-0.1, -0.05) is 0 Å². The monoisotopic (exact) mass is 219 g/mol. The SMILES string of the molecule is COC(C)C(=O)NCC(C)(O)CC(=O)O. The Labute approximate surface area is 88.2 Å². The van der Waals surface area contributed by atoms with Crippen LogP contribution < -0.4 is 5.32 Å². The van der Waals surface area contributed by atoms with Crippen molar-refractivity contribution in [3.63, 3.8) is 0 Å². The number of nitrogens with one attached hydrogen (secondary N) is 1. The molecule has 2 atom stereocenters. The third-order valence-corrected chi connectivity index (χ3v) is 1.90. The molecular formula is C9H17NO5. The Hall–Kier alpha value is -1.14. The molecule has 0 aliphatic carbocycles. The maximum atomic E-state index is 11.2. The zero-order valence-corrected chi connectivity index (χ0v) is 9.11. The summed E-state index contributed by atoms with van der Waals surface area (Å²) < 4.78 is 4.75. The number of carboxylic acids is 1. The predicted molar refractivity (Wildman–Crippen MR) is 52.4 cm³/mol. The van der Waals surface area contributed by atoms with Gasteiger partial charge in [-0.05, 0) is 13.8 Å². The van der Waals surface area contributed by atoms with Gasteiger partial charge in [-0.3, -0.25) is 9.59 Å². The van der Waals surface area contributed by atoms with Gasteiger partial charge in [0.15, 0.2) is 0 Å². The van der Waals surface area contributed by atoms with Crippen LogP contribution in [0.1, 0.15) is 20.3 Å². The van der Waals surface area contributed by atoms with Crippen molar-refractivity contribution in [3.8, 4) is 0 Å². The van der Waals surface area contributed by atoms with Crippen LogP contribution in [0.15, 0.2) is 0 Å². The minimum absolute atomic E-state index is 0.119. The first kappa shape index (κ1) is 13.9. The van der Waals surface area contributed by atoms with E-state index in [0.29, 0.717) is 0 Å². The molecule has 0 saturated heterocycles. The van der Waals surface area contributed by atoms with E-state index in [1.165, 1.54) is 14.0 Å². The molecule has 15 heavy (non-hydrogen) atoms. The number of carboxylic acid groups (broad SMARTS) is 1. The Bertz CT molecular complexity index is 239. The van der Waals surface area contributed by atoms with E-state index in [9.17, 15) is 14.7 Å². The van der Waals surface area contributed by atoms with Gasteiger partial charge in [0.1, 0.15) is 6.10 Å². The molecule has 0 fully saturated rings. The maximum Gasteiger partial charge on any atom is 0.306 e. The van der Waals surface area contributed by atoms with E-state index in [1.54, 1.807) is 6.92 Å². The van der Waals surface area contributed by atoms with Crippen molar-refractivity contribution in [2.45, 2.75) is 32.0 Å². The lowest BCUT2D eigenvalue weighted by atomic mass is 10.0. The van der Waals surface area contributed by atoms with E-state index < -0.39 is 24.1 Å². The average Bonchev–Trinajstić information content (AvgIpc) is 2.11. The quantitative estimate of drug-likeness (QED) is 0.552. The van der Waals surface area contributed by atoms with Crippen molar-refractivity contribution in [1.82, 2.24) is 5.32 Å². The number of carbonyl (C=O) groups is 2. The predicted octanol–water partition coefficient (Wildman–Crippen LogP) is -0.637. The summed E-state index contributed by atoms with van der Waals surface area (Å²) in [4.78, 5) is 21.6. The zero-order valence-electron chi connectivity index (χ0n) is 9.11. The van der Waals surface area contributed by atoms with Gasteiger partial charge in [0.05, 0.1) is 12.0 Å². The Balaban J connectivity index is 4.03. The molecule has 0 heterocycles. The molecule has 0 aromatic heterocycles. The summed E-state index contributed by atoms with van der Waals surface area (Å²) in [5, 5.41) is 20.4. The first-order valence-corrected chi connectivity index (χ1v) is 4.53. The van der Waals surface area contributed by atoms with Crippen LogP contribution in [-0.2, 0) is 14.3 Å². The highest BCUT2D eigenvalue weighted by Gasteiger charge is 2.25. The largest absolute Gasteiger partial charge is 0.481 e. The number of aliphatic hydroxyl groups is 1. The van der Waals surface area contributed by atoms with Crippen molar-refractivity contribution < 1.29 is 24.5 Å². The Morgan fingerprint density at radius 3 is 2.47 bits per heavy atom. The molecule has 0 aliphatic rings. The van der Waals surface area contributed by atoms with Gasteiger partial charge in [-0.15, -0.1) is 0 Å². The van der Waals surface area contributed by atoms with Gasteiger partial charge in [-0.2, -0.15) is 0 Å². The number of hydrogen-bond donors (Lipinski definition) is 3. The molecule has 0 spiro atoms. The number of amides is 1. The minimum Gasteiger partial charge on any atom is -0.481 e. The second kappa shape index (κ2) is 5.67. The van der Waals surface area contributed by atoms with Crippen molar-refractivity contribution in [2.75, 3.05) is 13.7 Å². The number of rotatable bonds is 6. The molecular weight excluding hydrogens is 202 g/mol. The topological polar surface area (TPSA) is 95.9 Å². The zero-order chi connectivity index (χ0) is 12.1. The summed E-state index contributed by atoms with van der Waals surface area (Å²) in [6.07, 6.45) is -1.04. The van der Waals surface area contributed by atoms with Gasteiger partial charge in [-0.25, -0.2) is 0 Å². The molecule has 1 amide bonds. The van der Waals surface area contributed by atoms with Crippen LogP contribution in [0.3, 0.4) is 0 Å². The summed E-state index contributed by atoms with van der Waals surface area (Å²) >= 11 is 0. The fourth-order valence-corrected chi connectivity index (χ4v) is 0.917. The van der Waals surface area contributed by atoms with Crippen LogP contribution in [0.25, 0.3) is 0 Å². The van der Waals surface area contributed by atoms with E-state index in [1.807, 2.05) is 0 Å². The minimum atomic E-state index is -1.45. The second-order valence-corrected chi connectivity index (χ2v) is 3.66. The van der Waals surface area contributed by atoms with E-state index >= 15 is 0 Å². The number of aliphatic carboxylic acids is 1. The molecule has 0 bridgehead atoms. The lowest BCUT2D eigenvalue weighted by molar-refractivity contribution is -0.143. The molecule has 6 heteroatoms. The third-order valence-electron chi connectivity index (χ3n) is 1.90. The molecule has 0 aromatic rings. The van der Waals surface area contributed by atoms with E-state index in [4.69, 9.17) is 9.84 Å². The molecule has 0 aliphatic heterocycles. The molecule has 2 unspecified atom stereocenters. The highest BCUT2D eigenvalue weighted by atomic mass is 16.5. The molecule has 6 nitrogen and oxygen atoms in total. The number of hydrogen-bond acceptors (Lipinski definition) is 4. The number of carbonyl (C=O) groups excluding carboxylic acids is 1. The van der Waals surface area contributed by atoms with E-state index in [-0.39, 0.29) is 12.5 Å². The molecule has 0 radical (unpaired) electrons. The van der Waals surface area contributed by atoms with E-state index in [0.717, 1.165) is 0 Å². The smallest absolute Gasteiger partial charge is 0.306 e. The van der Waals surface area contributed by atoms with Crippen molar-refractivity contribution in [3.05, 3.63) is 0 Å². The summed E-state index contributed by atoms with van der Waals surface area (Å²) in [6, 6.07) is 0. The van der Waals surface area contributed by atoms with Gasteiger partial charge in [0, 0.05) is 13.7 Å². The van der Waals surface area contributed by atoms with Gasteiger partial charge in [0.2, 0.25) is 5.91 Å². The number of ether oxygens (including phenoxy) is 1. The van der Waals surface area contributed by atoms with Crippen LogP contribution in [0.5, 0.6) is 0 Å². The molecule has 88 valence electrons. The molecule has 0 saturated carbocycles. The highest BCUT2D eigenvalue weighted by Crippen LogP contribution is 2.07. The normalized spacial score (nSPS) is 16.5. The standard InChI is InChI=1S/C9H17NO5/c1-6(15-3)8(13)10-5-9(2,14)4-7(11)12/h6,14H,4-5H2,1-3H3,(H,10,13)(H,11,12). The van der Waals surface area contributed by atoms with E-state index in [2.05, 4.69) is 5.32 Å². The molecule has 0 rings (SSSR count). The third kappa shape index (κ3) is 6.03. The summed E-state index contributed by atoms with van der Waals surface area (Å²) in [5.74, 6) is -1.50. The average molecular weight is 219 g/mol. The van der Waals surface area contributed by atoms with Gasteiger partial charge < -0.3 is 20.3 Å². The molecule has 3 N–H and O–H groups in total. The van der Waals surface area contributed by atoms with Crippen molar-refractivity contribution in [1.29, 1.82) is 0 Å². The van der Waals surface area contributed by atoms with Crippen LogP contribution in [0.2, 0.25) is 0 Å².